The number of anilines is 1. The minimum atomic E-state index is -0.177. The summed E-state index contributed by atoms with van der Waals surface area (Å²) < 4.78 is 1.32. The molecule has 1 aromatic heterocycles. The summed E-state index contributed by atoms with van der Waals surface area (Å²) in [6, 6.07) is 10.1. The molecule has 82 valence electrons. The quantitative estimate of drug-likeness (QED) is 0.859. The number of rotatable bonds is 2. The molecule has 0 atom stereocenters. The van der Waals surface area contributed by atoms with Gasteiger partial charge < -0.3 is 5.73 Å². The third-order valence-electron chi connectivity index (χ3n) is 2.13. The summed E-state index contributed by atoms with van der Waals surface area (Å²) in [6.45, 7) is 0.390. The fourth-order valence-corrected chi connectivity index (χ4v) is 1.47. The number of nitrogens with zero attached hydrogens (tertiary/aromatic N) is 2. The molecule has 0 radical (unpaired) electrons. The molecule has 0 aliphatic rings. The molecule has 0 aliphatic heterocycles. The summed E-state index contributed by atoms with van der Waals surface area (Å²) in [7, 11) is 0. The summed E-state index contributed by atoms with van der Waals surface area (Å²) in [5, 5.41) is 4.60. The van der Waals surface area contributed by atoms with E-state index in [4.69, 9.17) is 17.3 Å². The zero-order chi connectivity index (χ0) is 11.5. The lowest BCUT2D eigenvalue weighted by Gasteiger charge is -2.04. The second-order valence-electron chi connectivity index (χ2n) is 3.38. The average molecular weight is 236 g/mol. The smallest absolute Gasteiger partial charge is 0.267 e. The van der Waals surface area contributed by atoms with Gasteiger partial charge in [0.25, 0.3) is 5.56 Å². The Bertz CT molecular complexity index is 548. The largest absolute Gasteiger partial charge is 0.382 e. The molecular weight excluding hydrogens is 226 g/mol. The maximum absolute atomic E-state index is 11.5. The van der Waals surface area contributed by atoms with E-state index in [1.54, 1.807) is 12.1 Å². The fourth-order valence-electron chi connectivity index (χ4n) is 1.34. The Morgan fingerprint density at radius 3 is 2.56 bits per heavy atom. The maximum Gasteiger partial charge on any atom is 0.267 e. The Balaban J connectivity index is 2.30. The van der Waals surface area contributed by atoms with Crippen molar-refractivity contribution in [1.82, 2.24) is 9.78 Å². The minimum Gasteiger partial charge on any atom is -0.382 e. The van der Waals surface area contributed by atoms with E-state index in [2.05, 4.69) is 5.10 Å². The predicted octanol–water partition coefficient (Wildman–Crippen LogP) is 1.53. The number of hydrogen-bond donors (Lipinski definition) is 1. The third-order valence-corrected chi connectivity index (χ3v) is 2.38. The molecule has 2 N–H and O–H groups in total. The fraction of sp³-hybridized carbons (Fsp3) is 0.0909. The Kier molecular flexibility index (Phi) is 2.92. The summed E-state index contributed by atoms with van der Waals surface area (Å²) in [5.74, 6) is 0.327. The zero-order valence-corrected chi connectivity index (χ0v) is 9.19. The molecular formula is C11H10ClN3O. The SMILES string of the molecule is Nc1ccc(=O)n(Cc2ccc(Cl)cc2)n1. The van der Waals surface area contributed by atoms with Gasteiger partial charge in [-0.1, -0.05) is 23.7 Å². The normalized spacial score (nSPS) is 10.3. The summed E-state index contributed by atoms with van der Waals surface area (Å²) in [6.07, 6.45) is 0. The van der Waals surface area contributed by atoms with Crippen molar-refractivity contribution in [2.24, 2.45) is 0 Å². The molecule has 1 aromatic carbocycles. The molecule has 0 saturated heterocycles. The Morgan fingerprint density at radius 2 is 1.88 bits per heavy atom. The number of aromatic nitrogens is 2. The highest BCUT2D eigenvalue weighted by Gasteiger charge is 2.00. The Morgan fingerprint density at radius 1 is 1.19 bits per heavy atom. The first kappa shape index (κ1) is 10.7. The van der Waals surface area contributed by atoms with Crippen molar-refractivity contribution >= 4 is 17.4 Å². The summed E-state index contributed by atoms with van der Waals surface area (Å²) in [4.78, 5) is 11.5. The maximum atomic E-state index is 11.5. The molecule has 16 heavy (non-hydrogen) atoms. The Hall–Kier alpha value is -1.81. The van der Waals surface area contributed by atoms with Crippen LogP contribution in [0.25, 0.3) is 0 Å². The topological polar surface area (TPSA) is 60.9 Å². The Labute approximate surface area is 97.3 Å². The standard InChI is InChI=1S/C11H10ClN3O/c12-9-3-1-8(2-4-9)7-15-11(16)6-5-10(13)14-15/h1-6H,7H2,(H2,13,14). The van der Waals surface area contributed by atoms with Crippen LogP contribution in [0.15, 0.2) is 41.2 Å². The van der Waals surface area contributed by atoms with Crippen molar-refractivity contribution in [2.75, 3.05) is 5.73 Å². The lowest BCUT2D eigenvalue weighted by atomic mass is 10.2. The highest BCUT2D eigenvalue weighted by molar-refractivity contribution is 6.30. The van der Waals surface area contributed by atoms with E-state index in [9.17, 15) is 4.79 Å². The highest BCUT2D eigenvalue weighted by atomic mass is 35.5. The van der Waals surface area contributed by atoms with Crippen LogP contribution in [0.5, 0.6) is 0 Å². The van der Waals surface area contributed by atoms with Gasteiger partial charge in [-0.25, -0.2) is 4.68 Å². The van der Waals surface area contributed by atoms with E-state index in [1.165, 1.54) is 16.8 Å². The highest BCUT2D eigenvalue weighted by Crippen LogP contribution is 2.09. The minimum absolute atomic E-state index is 0.177. The van der Waals surface area contributed by atoms with Crippen LogP contribution in [-0.4, -0.2) is 9.78 Å². The van der Waals surface area contributed by atoms with Crippen LogP contribution in [-0.2, 0) is 6.54 Å². The van der Waals surface area contributed by atoms with Crippen LogP contribution in [0.1, 0.15) is 5.56 Å². The van der Waals surface area contributed by atoms with Crippen molar-refractivity contribution in [2.45, 2.75) is 6.54 Å². The van der Waals surface area contributed by atoms with Crippen molar-refractivity contribution in [3.05, 3.63) is 57.3 Å². The van der Waals surface area contributed by atoms with Gasteiger partial charge in [0.2, 0.25) is 0 Å². The van der Waals surface area contributed by atoms with E-state index in [-0.39, 0.29) is 5.56 Å². The van der Waals surface area contributed by atoms with E-state index in [0.717, 1.165) is 5.56 Å². The van der Waals surface area contributed by atoms with E-state index in [0.29, 0.717) is 17.4 Å². The molecule has 0 amide bonds. The van der Waals surface area contributed by atoms with Gasteiger partial charge in [0.15, 0.2) is 0 Å². The molecule has 0 bridgehead atoms. The molecule has 0 aliphatic carbocycles. The first-order chi connectivity index (χ1) is 7.65. The zero-order valence-electron chi connectivity index (χ0n) is 8.43. The van der Waals surface area contributed by atoms with E-state index in [1.807, 2.05) is 12.1 Å². The molecule has 0 spiro atoms. The molecule has 4 nitrogen and oxygen atoms in total. The van der Waals surface area contributed by atoms with Crippen LogP contribution in [0, 0.1) is 0 Å². The average Bonchev–Trinajstić information content (AvgIpc) is 2.27. The van der Waals surface area contributed by atoms with Gasteiger partial charge in [0.1, 0.15) is 5.82 Å². The van der Waals surface area contributed by atoms with Gasteiger partial charge >= 0.3 is 0 Å². The van der Waals surface area contributed by atoms with Crippen molar-refractivity contribution < 1.29 is 0 Å². The number of benzene rings is 1. The van der Waals surface area contributed by atoms with E-state index >= 15 is 0 Å². The molecule has 2 rings (SSSR count). The first-order valence-electron chi connectivity index (χ1n) is 4.73. The van der Waals surface area contributed by atoms with Gasteiger partial charge in [-0.15, -0.1) is 0 Å². The van der Waals surface area contributed by atoms with Gasteiger partial charge in [0.05, 0.1) is 6.54 Å². The number of nitrogens with two attached hydrogens (primary N) is 1. The number of nitrogen functional groups attached to an aromatic ring is 1. The van der Waals surface area contributed by atoms with Gasteiger partial charge in [-0.2, -0.15) is 5.10 Å². The molecule has 0 fully saturated rings. The number of halogens is 1. The van der Waals surface area contributed by atoms with Crippen LogP contribution in [0.4, 0.5) is 5.82 Å². The van der Waals surface area contributed by atoms with Crippen molar-refractivity contribution in [1.29, 1.82) is 0 Å². The predicted molar refractivity (Wildman–Crippen MR) is 63.5 cm³/mol. The lowest BCUT2D eigenvalue weighted by molar-refractivity contribution is 0.644. The van der Waals surface area contributed by atoms with Gasteiger partial charge in [-0.3, -0.25) is 4.79 Å². The van der Waals surface area contributed by atoms with Crippen molar-refractivity contribution in [3.8, 4) is 0 Å². The van der Waals surface area contributed by atoms with E-state index < -0.39 is 0 Å². The summed E-state index contributed by atoms with van der Waals surface area (Å²) in [5.41, 5.74) is 6.29. The van der Waals surface area contributed by atoms with Crippen molar-refractivity contribution in [3.63, 3.8) is 0 Å². The number of hydrogen-bond acceptors (Lipinski definition) is 3. The van der Waals surface area contributed by atoms with Crippen LogP contribution >= 0.6 is 11.6 Å². The van der Waals surface area contributed by atoms with Gasteiger partial charge in [-0.05, 0) is 23.8 Å². The van der Waals surface area contributed by atoms with Crippen LogP contribution < -0.4 is 11.3 Å². The molecule has 0 unspecified atom stereocenters. The molecule has 5 heteroatoms. The third kappa shape index (κ3) is 2.41. The monoisotopic (exact) mass is 235 g/mol. The molecule has 2 aromatic rings. The second-order valence-corrected chi connectivity index (χ2v) is 3.82. The second kappa shape index (κ2) is 4.37. The summed E-state index contributed by atoms with van der Waals surface area (Å²) >= 11 is 5.77. The lowest BCUT2D eigenvalue weighted by Crippen LogP contribution is -2.23. The van der Waals surface area contributed by atoms with Crippen LogP contribution in [0.3, 0.4) is 0 Å². The molecule has 0 saturated carbocycles. The van der Waals surface area contributed by atoms with Gasteiger partial charge in [0, 0.05) is 11.1 Å². The van der Waals surface area contributed by atoms with Crippen LogP contribution in [0.2, 0.25) is 5.02 Å². The molecule has 1 heterocycles. The first-order valence-corrected chi connectivity index (χ1v) is 5.11.